The number of hydrogen-bond donors (Lipinski definition) is 1. The Hall–Kier alpha value is -0.120. The first kappa shape index (κ1) is 13.3. The molecule has 2 heterocycles. The highest BCUT2D eigenvalue weighted by molar-refractivity contribution is 4.96. The smallest absolute Gasteiger partial charge is 0.0116 e. The highest BCUT2D eigenvalue weighted by atomic mass is 15.2. The van der Waals surface area contributed by atoms with Crippen molar-refractivity contribution in [2.75, 3.05) is 20.6 Å². The Labute approximate surface area is 106 Å². The lowest BCUT2D eigenvalue weighted by Crippen LogP contribution is -2.58. The van der Waals surface area contributed by atoms with E-state index >= 15 is 0 Å². The van der Waals surface area contributed by atoms with Crippen molar-refractivity contribution in [3.63, 3.8) is 0 Å². The second kappa shape index (κ2) is 5.68. The van der Waals surface area contributed by atoms with Crippen LogP contribution in [0.4, 0.5) is 0 Å². The number of piperidine rings is 2. The molecule has 0 aliphatic carbocycles. The number of hydrogen-bond acceptors (Lipinski definition) is 3. The van der Waals surface area contributed by atoms with Gasteiger partial charge in [0, 0.05) is 24.2 Å². The van der Waals surface area contributed by atoms with Crippen LogP contribution < -0.4 is 5.73 Å². The maximum atomic E-state index is 6.17. The van der Waals surface area contributed by atoms with E-state index in [-0.39, 0.29) is 0 Å². The summed E-state index contributed by atoms with van der Waals surface area (Å²) >= 11 is 0. The van der Waals surface area contributed by atoms with Crippen molar-refractivity contribution < 1.29 is 0 Å². The molecule has 2 aliphatic rings. The summed E-state index contributed by atoms with van der Waals surface area (Å²) in [5.74, 6) is 0. The van der Waals surface area contributed by atoms with Crippen LogP contribution in [0.5, 0.6) is 0 Å². The van der Waals surface area contributed by atoms with Crippen molar-refractivity contribution in [3.05, 3.63) is 0 Å². The van der Waals surface area contributed by atoms with Gasteiger partial charge in [0.15, 0.2) is 0 Å². The van der Waals surface area contributed by atoms with Crippen LogP contribution in [0, 0.1) is 0 Å². The Kier molecular flexibility index (Phi) is 4.45. The third kappa shape index (κ3) is 3.21. The Balaban J connectivity index is 1.94. The zero-order valence-corrected chi connectivity index (χ0v) is 11.7. The highest BCUT2D eigenvalue weighted by Crippen LogP contribution is 2.35. The quantitative estimate of drug-likeness (QED) is 0.810. The summed E-state index contributed by atoms with van der Waals surface area (Å²) in [6, 6.07) is 2.73. The molecule has 3 atom stereocenters. The summed E-state index contributed by atoms with van der Waals surface area (Å²) in [5, 5.41) is 0. The van der Waals surface area contributed by atoms with Gasteiger partial charge in [0.25, 0.3) is 0 Å². The second-order valence-electron chi connectivity index (χ2n) is 6.36. The largest absolute Gasteiger partial charge is 0.328 e. The van der Waals surface area contributed by atoms with Crippen LogP contribution in [0.15, 0.2) is 0 Å². The molecule has 0 radical (unpaired) electrons. The molecular weight excluding hydrogens is 210 g/mol. The van der Waals surface area contributed by atoms with Gasteiger partial charge in [0.1, 0.15) is 0 Å². The summed E-state index contributed by atoms with van der Waals surface area (Å²) in [6.07, 6.45) is 7.90. The van der Waals surface area contributed by atoms with Gasteiger partial charge in [0.2, 0.25) is 0 Å². The van der Waals surface area contributed by atoms with Crippen LogP contribution in [0.25, 0.3) is 0 Å². The molecule has 2 bridgehead atoms. The summed E-state index contributed by atoms with van der Waals surface area (Å²) < 4.78 is 0. The predicted molar refractivity (Wildman–Crippen MR) is 73.1 cm³/mol. The molecule has 0 aromatic heterocycles. The first-order valence-electron chi connectivity index (χ1n) is 7.25. The molecule has 2 saturated heterocycles. The summed E-state index contributed by atoms with van der Waals surface area (Å²) in [5.41, 5.74) is 6.17. The monoisotopic (exact) mass is 239 g/mol. The van der Waals surface area contributed by atoms with E-state index in [1.165, 1.54) is 45.1 Å². The van der Waals surface area contributed by atoms with Crippen molar-refractivity contribution in [2.24, 2.45) is 5.73 Å². The third-order valence-electron chi connectivity index (χ3n) is 4.57. The molecule has 17 heavy (non-hydrogen) atoms. The minimum Gasteiger partial charge on any atom is -0.328 e. The van der Waals surface area contributed by atoms with E-state index in [1.807, 2.05) is 0 Å². The topological polar surface area (TPSA) is 32.5 Å². The molecule has 3 heteroatoms. The lowest BCUT2D eigenvalue weighted by molar-refractivity contribution is -0.00377. The van der Waals surface area contributed by atoms with Gasteiger partial charge in [-0.15, -0.1) is 0 Å². The zero-order valence-electron chi connectivity index (χ0n) is 11.7. The fourth-order valence-corrected chi connectivity index (χ4v) is 3.77. The van der Waals surface area contributed by atoms with Crippen molar-refractivity contribution in [2.45, 2.75) is 69.6 Å². The highest BCUT2D eigenvalue weighted by Gasteiger charge is 2.38. The van der Waals surface area contributed by atoms with Crippen LogP contribution in [0.3, 0.4) is 0 Å². The van der Waals surface area contributed by atoms with E-state index in [1.54, 1.807) is 0 Å². The minimum absolute atomic E-state index is 0.461. The van der Waals surface area contributed by atoms with Crippen molar-refractivity contribution in [1.29, 1.82) is 0 Å². The van der Waals surface area contributed by atoms with E-state index in [4.69, 9.17) is 5.73 Å². The first-order chi connectivity index (χ1) is 8.08. The normalized spacial score (nSPS) is 36.2. The maximum absolute atomic E-state index is 6.17. The first-order valence-corrected chi connectivity index (χ1v) is 7.25. The SMILES string of the molecule is CC(CCN(C)C)N1C2CCCC1CC(N)C2. The van der Waals surface area contributed by atoms with Crippen LogP contribution in [0.1, 0.15) is 45.4 Å². The molecule has 0 aromatic carbocycles. The van der Waals surface area contributed by atoms with Gasteiger partial charge in [0.05, 0.1) is 0 Å². The molecule has 0 amide bonds. The molecule has 0 saturated carbocycles. The van der Waals surface area contributed by atoms with Crippen LogP contribution in [-0.2, 0) is 0 Å². The van der Waals surface area contributed by atoms with Crippen LogP contribution in [-0.4, -0.2) is 54.6 Å². The molecular formula is C14H29N3. The standard InChI is InChI=1S/C14H29N3/c1-11(7-8-16(2)3)17-13-5-4-6-14(17)10-12(15)9-13/h11-14H,4-10,15H2,1-3H3. The third-order valence-corrected chi connectivity index (χ3v) is 4.57. The van der Waals surface area contributed by atoms with Crippen molar-refractivity contribution in [3.8, 4) is 0 Å². The minimum atomic E-state index is 0.461. The Morgan fingerprint density at radius 3 is 2.35 bits per heavy atom. The molecule has 2 rings (SSSR count). The number of rotatable bonds is 4. The maximum Gasteiger partial charge on any atom is 0.0116 e. The number of nitrogens with zero attached hydrogens (tertiary/aromatic N) is 2. The molecule has 2 N–H and O–H groups in total. The van der Waals surface area contributed by atoms with Gasteiger partial charge in [-0.1, -0.05) is 6.42 Å². The average molecular weight is 239 g/mol. The van der Waals surface area contributed by atoms with Gasteiger partial charge in [-0.25, -0.2) is 0 Å². The summed E-state index contributed by atoms with van der Waals surface area (Å²) in [7, 11) is 4.33. The van der Waals surface area contributed by atoms with Crippen LogP contribution >= 0.6 is 0 Å². The molecule has 2 fully saturated rings. The Morgan fingerprint density at radius 2 is 1.82 bits per heavy atom. The molecule has 0 spiro atoms. The number of nitrogens with two attached hydrogens (primary N) is 1. The molecule has 0 aromatic rings. The molecule has 100 valence electrons. The predicted octanol–water partition coefficient (Wildman–Crippen LogP) is 1.67. The summed E-state index contributed by atoms with van der Waals surface area (Å²) in [6.45, 7) is 3.61. The molecule has 3 nitrogen and oxygen atoms in total. The van der Waals surface area contributed by atoms with Crippen molar-refractivity contribution >= 4 is 0 Å². The zero-order chi connectivity index (χ0) is 12.4. The Bertz CT molecular complexity index is 228. The summed E-state index contributed by atoms with van der Waals surface area (Å²) in [4.78, 5) is 5.10. The molecule has 2 aliphatic heterocycles. The fraction of sp³-hybridized carbons (Fsp3) is 1.00. The van der Waals surface area contributed by atoms with Gasteiger partial charge < -0.3 is 10.6 Å². The van der Waals surface area contributed by atoms with Gasteiger partial charge in [-0.05, 0) is 59.7 Å². The average Bonchev–Trinajstić information content (AvgIpc) is 2.24. The molecule has 3 unspecified atom stereocenters. The van der Waals surface area contributed by atoms with Crippen LogP contribution in [0.2, 0.25) is 0 Å². The van der Waals surface area contributed by atoms with Gasteiger partial charge in [-0.2, -0.15) is 0 Å². The van der Waals surface area contributed by atoms with E-state index < -0.39 is 0 Å². The number of fused-ring (bicyclic) bond motifs is 2. The van der Waals surface area contributed by atoms with E-state index in [9.17, 15) is 0 Å². The Morgan fingerprint density at radius 1 is 1.24 bits per heavy atom. The van der Waals surface area contributed by atoms with E-state index in [0.29, 0.717) is 6.04 Å². The lowest BCUT2D eigenvalue weighted by Gasteiger charge is -2.51. The van der Waals surface area contributed by atoms with E-state index in [0.717, 1.165) is 18.1 Å². The van der Waals surface area contributed by atoms with E-state index in [2.05, 4.69) is 30.8 Å². The fourth-order valence-electron chi connectivity index (χ4n) is 3.77. The van der Waals surface area contributed by atoms with Gasteiger partial charge >= 0.3 is 0 Å². The van der Waals surface area contributed by atoms with Crippen molar-refractivity contribution in [1.82, 2.24) is 9.80 Å². The second-order valence-corrected chi connectivity index (χ2v) is 6.36. The van der Waals surface area contributed by atoms with Gasteiger partial charge in [-0.3, -0.25) is 4.90 Å². The lowest BCUT2D eigenvalue weighted by atomic mass is 9.81.